The summed E-state index contributed by atoms with van der Waals surface area (Å²) < 4.78 is 5.72. The van der Waals surface area contributed by atoms with Gasteiger partial charge < -0.3 is 10.1 Å². The standard InChI is InChI=1S/C17H28N2O/c1-5-18-12-15-10-11-19(4)17(15)14-6-8-16(9-7-14)20-13(2)3/h6-9,13,15,17-18H,5,10-12H2,1-4H3. The smallest absolute Gasteiger partial charge is 0.119 e. The van der Waals surface area contributed by atoms with Crippen molar-refractivity contribution in [3.63, 3.8) is 0 Å². The van der Waals surface area contributed by atoms with Crippen molar-refractivity contribution < 1.29 is 4.74 Å². The largest absolute Gasteiger partial charge is 0.491 e. The van der Waals surface area contributed by atoms with Gasteiger partial charge in [0, 0.05) is 6.04 Å². The van der Waals surface area contributed by atoms with Crippen LogP contribution in [0.5, 0.6) is 5.75 Å². The van der Waals surface area contributed by atoms with Crippen molar-refractivity contribution in [2.45, 2.75) is 39.3 Å². The van der Waals surface area contributed by atoms with E-state index in [9.17, 15) is 0 Å². The first-order valence-corrected chi connectivity index (χ1v) is 7.79. The van der Waals surface area contributed by atoms with E-state index in [-0.39, 0.29) is 6.10 Å². The second-order valence-electron chi connectivity index (χ2n) is 6.02. The van der Waals surface area contributed by atoms with Gasteiger partial charge in [-0.05, 0) is 70.6 Å². The lowest BCUT2D eigenvalue weighted by Crippen LogP contribution is -2.28. The molecule has 2 unspecified atom stereocenters. The minimum absolute atomic E-state index is 0.233. The second kappa shape index (κ2) is 7.09. The Morgan fingerprint density at radius 2 is 2.00 bits per heavy atom. The number of hydrogen-bond acceptors (Lipinski definition) is 3. The average Bonchev–Trinajstić information content (AvgIpc) is 2.78. The monoisotopic (exact) mass is 276 g/mol. The lowest BCUT2D eigenvalue weighted by Gasteiger charge is -2.26. The molecule has 3 nitrogen and oxygen atoms in total. The van der Waals surface area contributed by atoms with E-state index in [4.69, 9.17) is 4.74 Å². The number of rotatable bonds is 6. The van der Waals surface area contributed by atoms with Crippen molar-refractivity contribution in [2.24, 2.45) is 5.92 Å². The third-order valence-corrected chi connectivity index (χ3v) is 4.02. The van der Waals surface area contributed by atoms with Crippen molar-refractivity contribution in [3.05, 3.63) is 29.8 Å². The number of likely N-dealkylation sites (tertiary alicyclic amines) is 1. The molecule has 0 radical (unpaired) electrons. The topological polar surface area (TPSA) is 24.5 Å². The Balaban J connectivity index is 2.07. The molecule has 0 aromatic heterocycles. The first kappa shape index (κ1) is 15.3. The molecule has 1 fully saturated rings. The normalized spacial score (nSPS) is 23.4. The third kappa shape index (κ3) is 3.74. The van der Waals surface area contributed by atoms with Crippen LogP contribution in [0.2, 0.25) is 0 Å². The van der Waals surface area contributed by atoms with Gasteiger partial charge in [0.1, 0.15) is 5.75 Å². The van der Waals surface area contributed by atoms with Crippen LogP contribution in [0, 0.1) is 5.92 Å². The molecule has 112 valence electrons. The quantitative estimate of drug-likeness (QED) is 0.864. The molecule has 20 heavy (non-hydrogen) atoms. The number of nitrogens with one attached hydrogen (secondary N) is 1. The van der Waals surface area contributed by atoms with E-state index in [0.29, 0.717) is 12.0 Å². The highest BCUT2D eigenvalue weighted by molar-refractivity contribution is 5.30. The van der Waals surface area contributed by atoms with Crippen molar-refractivity contribution in [1.29, 1.82) is 0 Å². The third-order valence-electron chi connectivity index (χ3n) is 4.02. The molecule has 0 amide bonds. The van der Waals surface area contributed by atoms with Gasteiger partial charge in [-0.1, -0.05) is 19.1 Å². The molecule has 1 N–H and O–H groups in total. The molecule has 1 heterocycles. The van der Waals surface area contributed by atoms with Crippen LogP contribution >= 0.6 is 0 Å². The lowest BCUT2D eigenvalue weighted by molar-refractivity contribution is 0.241. The van der Waals surface area contributed by atoms with Crippen molar-refractivity contribution in [2.75, 3.05) is 26.7 Å². The highest BCUT2D eigenvalue weighted by Crippen LogP contribution is 2.36. The van der Waals surface area contributed by atoms with Crippen LogP contribution in [0.15, 0.2) is 24.3 Å². The number of benzene rings is 1. The Morgan fingerprint density at radius 3 is 2.60 bits per heavy atom. The predicted molar refractivity (Wildman–Crippen MR) is 84.2 cm³/mol. The highest BCUT2D eigenvalue weighted by Gasteiger charge is 2.32. The number of hydrogen-bond donors (Lipinski definition) is 1. The Morgan fingerprint density at radius 1 is 1.30 bits per heavy atom. The molecule has 0 aliphatic carbocycles. The first-order chi connectivity index (χ1) is 9.61. The maximum atomic E-state index is 5.72. The summed E-state index contributed by atoms with van der Waals surface area (Å²) in [7, 11) is 2.23. The Bertz CT molecular complexity index is 402. The molecular weight excluding hydrogens is 248 g/mol. The minimum atomic E-state index is 0.233. The second-order valence-corrected chi connectivity index (χ2v) is 6.02. The van der Waals surface area contributed by atoms with Crippen LogP contribution < -0.4 is 10.1 Å². The van der Waals surface area contributed by atoms with Crippen LogP contribution in [0.3, 0.4) is 0 Å². The highest BCUT2D eigenvalue weighted by atomic mass is 16.5. The maximum Gasteiger partial charge on any atom is 0.119 e. The van der Waals surface area contributed by atoms with Gasteiger partial charge in [0.2, 0.25) is 0 Å². The zero-order valence-electron chi connectivity index (χ0n) is 13.2. The number of nitrogens with zero attached hydrogens (tertiary/aromatic N) is 1. The van der Waals surface area contributed by atoms with E-state index in [1.807, 2.05) is 0 Å². The van der Waals surface area contributed by atoms with Crippen LogP contribution in [-0.4, -0.2) is 37.7 Å². The summed E-state index contributed by atoms with van der Waals surface area (Å²) in [4.78, 5) is 2.47. The fourth-order valence-electron chi connectivity index (χ4n) is 3.11. The van der Waals surface area contributed by atoms with Crippen LogP contribution in [-0.2, 0) is 0 Å². The van der Waals surface area contributed by atoms with Gasteiger partial charge in [0.25, 0.3) is 0 Å². The predicted octanol–water partition coefficient (Wildman–Crippen LogP) is 3.08. The zero-order chi connectivity index (χ0) is 14.5. The molecule has 0 bridgehead atoms. The molecule has 1 aliphatic heterocycles. The summed E-state index contributed by atoms with van der Waals surface area (Å²) in [6.45, 7) is 9.64. The van der Waals surface area contributed by atoms with Crippen LogP contribution in [0.25, 0.3) is 0 Å². The van der Waals surface area contributed by atoms with E-state index in [1.54, 1.807) is 0 Å². The van der Waals surface area contributed by atoms with Crippen LogP contribution in [0.1, 0.15) is 38.8 Å². The maximum absolute atomic E-state index is 5.72. The summed E-state index contributed by atoms with van der Waals surface area (Å²) in [5.74, 6) is 1.67. The SMILES string of the molecule is CCNCC1CCN(C)C1c1ccc(OC(C)C)cc1. The Labute approximate surface area is 123 Å². The van der Waals surface area contributed by atoms with E-state index in [1.165, 1.54) is 18.5 Å². The molecule has 1 aromatic rings. The van der Waals surface area contributed by atoms with Gasteiger partial charge in [0.15, 0.2) is 0 Å². The molecule has 2 rings (SSSR count). The molecule has 1 saturated heterocycles. The van der Waals surface area contributed by atoms with Gasteiger partial charge in [-0.15, -0.1) is 0 Å². The van der Waals surface area contributed by atoms with Crippen molar-refractivity contribution in [1.82, 2.24) is 10.2 Å². The summed E-state index contributed by atoms with van der Waals surface area (Å²) in [6, 6.07) is 9.19. The molecule has 2 atom stereocenters. The Kier molecular flexibility index (Phi) is 5.44. The molecule has 1 aromatic carbocycles. The summed E-state index contributed by atoms with van der Waals surface area (Å²) in [5, 5.41) is 3.50. The van der Waals surface area contributed by atoms with E-state index >= 15 is 0 Å². The molecular formula is C17H28N2O. The first-order valence-electron chi connectivity index (χ1n) is 7.79. The minimum Gasteiger partial charge on any atom is -0.491 e. The lowest BCUT2D eigenvalue weighted by atomic mass is 9.93. The number of ether oxygens (including phenoxy) is 1. The van der Waals surface area contributed by atoms with Gasteiger partial charge >= 0.3 is 0 Å². The van der Waals surface area contributed by atoms with Gasteiger partial charge in [-0.3, -0.25) is 4.90 Å². The zero-order valence-corrected chi connectivity index (χ0v) is 13.2. The van der Waals surface area contributed by atoms with E-state index < -0.39 is 0 Å². The molecule has 1 aliphatic rings. The van der Waals surface area contributed by atoms with Crippen LogP contribution in [0.4, 0.5) is 0 Å². The molecule has 0 spiro atoms. The summed E-state index contributed by atoms with van der Waals surface area (Å²) in [6.07, 6.45) is 1.51. The summed E-state index contributed by atoms with van der Waals surface area (Å²) >= 11 is 0. The fraction of sp³-hybridized carbons (Fsp3) is 0.647. The van der Waals surface area contributed by atoms with Crippen molar-refractivity contribution in [3.8, 4) is 5.75 Å². The fourth-order valence-corrected chi connectivity index (χ4v) is 3.11. The molecule has 3 heteroatoms. The van der Waals surface area contributed by atoms with E-state index in [0.717, 1.165) is 18.8 Å². The summed E-state index contributed by atoms with van der Waals surface area (Å²) in [5.41, 5.74) is 1.41. The van der Waals surface area contributed by atoms with Gasteiger partial charge in [0.05, 0.1) is 6.10 Å². The Hall–Kier alpha value is -1.06. The van der Waals surface area contributed by atoms with Gasteiger partial charge in [-0.25, -0.2) is 0 Å². The van der Waals surface area contributed by atoms with Gasteiger partial charge in [-0.2, -0.15) is 0 Å². The molecule has 0 saturated carbocycles. The van der Waals surface area contributed by atoms with Crippen molar-refractivity contribution >= 4 is 0 Å². The van der Waals surface area contributed by atoms with E-state index in [2.05, 4.69) is 62.3 Å². The average molecular weight is 276 g/mol.